The molecule has 2 aliphatic heterocycles. The van der Waals surface area contributed by atoms with Crippen molar-refractivity contribution in [3.63, 3.8) is 0 Å². The van der Waals surface area contributed by atoms with Gasteiger partial charge in [-0.15, -0.1) is 0 Å². The lowest BCUT2D eigenvalue weighted by Crippen LogP contribution is -2.44. The number of fused-ring (bicyclic) bond motifs is 1. The molecule has 0 bridgehead atoms. The number of hydrogen-bond donors (Lipinski definition) is 3. The van der Waals surface area contributed by atoms with E-state index in [-0.39, 0.29) is 18.9 Å². The quantitative estimate of drug-likeness (QED) is 0.577. The molecule has 12 heteroatoms. The van der Waals surface area contributed by atoms with Crippen LogP contribution >= 0.6 is 0 Å². The molecule has 0 aliphatic carbocycles. The molecule has 1 fully saturated rings. The van der Waals surface area contributed by atoms with Gasteiger partial charge in [0.1, 0.15) is 11.6 Å². The fourth-order valence-electron chi connectivity index (χ4n) is 3.95. The standard InChI is InChI=1S/C20H24FN5O5S/c21-14-7-5-13(6-8-14)12-22-19(28)16-17(27)20(29)26-11-3-4-15(18(26)23-16)24-32(30,31)25-9-1-2-10-25/h5-8,15,24,27H,1-4,9-12H2,(H,22,28). The number of benzene rings is 1. The maximum atomic E-state index is 13.0. The Bertz CT molecular complexity index is 1180. The average Bonchev–Trinajstić information content (AvgIpc) is 3.32. The molecule has 1 amide bonds. The zero-order chi connectivity index (χ0) is 22.9. The zero-order valence-corrected chi connectivity index (χ0v) is 18.1. The number of halogens is 1. The second-order valence-electron chi connectivity index (χ2n) is 7.86. The Balaban J connectivity index is 1.59. The molecule has 32 heavy (non-hydrogen) atoms. The first kappa shape index (κ1) is 22.4. The normalized spacial score (nSPS) is 19.0. The van der Waals surface area contributed by atoms with Gasteiger partial charge in [0, 0.05) is 26.2 Å². The van der Waals surface area contributed by atoms with Gasteiger partial charge in [0.2, 0.25) is 5.75 Å². The SMILES string of the molecule is O=C(NCc1ccc(F)cc1)c1nc2n(c(=O)c1O)CCCC2NS(=O)(=O)N1CCCC1. The van der Waals surface area contributed by atoms with Crippen LogP contribution in [0, 0.1) is 5.82 Å². The van der Waals surface area contributed by atoms with Crippen molar-refractivity contribution in [1.82, 2.24) is 23.9 Å². The van der Waals surface area contributed by atoms with Crippen molar-refractivity contribution in [3.8, 4) is 5.75 Å². The smallest absolute Gasteiger partial charge is 0.296 e. The molecule has 1 atom stereocenters. The maximum Gasteiger partial charge on any atom is 0.296 e. The van der Waals surface area contributed by atoms with Gasteiger partial charge in [0.15, 0.2) is 5.69 Å². The van der Waals surface area contributed by atoms with E-state index in [0.717, 1.165) is 12.8 Å². The van der Waals surface area contributed by atoms with E-state index < -0.39 is 45.0 Å². The molecule has 0 spiro atoms. The van der Waals surface area contributed by atoms with Crippen LogP contribution in [-0.4, -0.2) is 46.4 Å². The summed E-state index contributed by atoms with van der Waals surface area (Å²) < 4.78 is 43.6. The summed E-state index contributed by atoms with van der Waals surface area (Å²) in [5, 5.41) is 12.8. The highest BCUT2D eigenvalue weighted by molar-refractivity contribution is 7.87. The predicted molar refractivity (Wildman–Crippen MR) is 113 cm³/mol. The van der Waals surface area contributed by atoms with E-state index in [0.29, 0.717) is 31.5 Å². The van der Waals surface area contributed by atoms with E-state index in [1.807, 2.05) is 0 Å². The average molecular weight is 466 g/mol. The Morgan fingerprint density at radius 3 is 2.53 bits per heavy atom. The van der Waals surface area contributed by atoms with Crippen LogP contribution in [0.5, 0.6) is 5.75 Å². The molecule has 2 aromatic rings. The summed E-state index contributed by atoms with van der Waals surface area (Å²) in [7, 11) is -3.77. The summed E-state index contributed by atoms with van der Waals surface area (Å²) in [6, 6.07) is 4.69. The number of hydrogen-bond acceptors (Lipinski definition) is 6. The molecule has 3 N–H and O–H groups in total. The lowest BCUT2D eigenvalue weighted by Gasteiger charge is -2.28. The van der Waals surface area contributed by atoms with Gasteiger partial charge < -0.3 is 10.4 Å². The van der Waals surface area contributed by atoms with E-state index >= 15 is 0 Å². The van der Waals surface area contributed by atoms with Crippen LogP contribution in [0.15, 0.2) is 29.1 Å². The van der Waals surface area contributed by atoms with Crippen LogP contribution in [0.1, 0.15) is 53.6 Å². The van der Waals surface area contributed by atoms with Gasteiger partial charge in [-0.05, 0) is 43.4 Å². The van der Waals surface area contributed by atoms with Gasteiger partial charge in [-0.2, -0.15) is 17.4 Å². The Morgan fingerprint density at radius 1 is 1.16 bits per heavy atom. The van der Waals surface area contributed by atoms with Gasteiger partial charge in [0.25, 0.3) is 21.7 Å². The summed E-state index contributed by atoms with van der Waals surface area (Å²) in [4.78, 5) is 29.5. The van der Waals surface area contributed by atoms with E-state index in [1.54, 1.807) is 0 Å². The lowest BCUT2D eigenvalue weighted by molar-refractivity contribution is 0.0941. The maximum absolute atomic E-state index is 13.0. The summed E-state index contributed by atoms with van der Waals surface area (Å²) in [6.45, 7) is 1.14. The van der Waals surface area contributed by atoms with Gasteiger partial charge in [0.05, 0.1) is 6.04 Å². The number of nitrogens with one attached hydrogen (secondary N) is 2. The van der Waals surface area contributed by atoms with Crippen molar-refractivity contribution in [2.24, 2.45) is 0 Å². The van der Waals surface area contributed by atoms with E-state index in [4.69, 9.17) is 0 Å². The Kier molecular flexibility index (Phi) is 6.26. The van der Waals surface area contributed by atoms with Crippen molar-refractivity contribution in [2.75, 3.05) is 13.1 Å². The Hall–Kier alpha value is -2.83. The molecule has 2 aliphatic rings. The summed E-state index contributed by atoms with van der Waals surface area (Å²) in [5.41, 5.74) is -0.659. The largest absolute Gasteiger partial charge is 0.501 e. The van der Waals surface area contributed by atoms with Gasteiger partial charge >= 0.3 is 0 Å². The first-order chi connectivity index (χ1) is 15.3. The summed E-state index contributed by atoms with van der Waals surface area (Å²) in [5.74, 6) is -1.91. The third kappa shape index (κ3) is 4.52. The van der Waals surface area contributed by atoms with E-state index in [9.17, 15) is 27.5 Å². The number of aromatic hydroxyl groups is 1. The molecule has 10 nitrogen and oxygen atoms in total. The highest BCUT2D eigenvalue weighted by Gasteiger charge is 2.33. The molecular formula is C20H24FN5O5S. The van der Waals surface area contributed by atoms with Crippen LogP contribution in [0.25, 0.3) is 0 Å². The topological polar surface area (TPSA) is 134 Å². The number of amides is 1. The number of carbonyl (C=O) groups excluding carboxylic acids is 1. The minimum absolute atomic E-state index is 0.0314. The molecule has 0 saturated carbocycles. The molecule has 1 unspecified atom stereocenters. The third-order valence-corrected chi connectivity index (χ3v) is 7.27. The van der Waals surface area contributed by atoms with Gasteiger partial charge in [-0.25, -0.2) is 9.37 Å². The first-order valence-electron chi connectivity index (χ1n) is 10.4. The summed E-state index contributed by atoms with van der Waals surface area (Å²) >= 11 is 0. The minimum atomic E-state index is -3.77. The minimum Gasteiger partial charge on any atom is -0.501 e. The van der Waals surface area contributed by atoms with Crippen molar-refractivity contribution in [3.05, 3.63) is 57.5 Å². The van der Waals surface area contributed by atoms with Crippen molar-refractivity contribution in [1.29, 1.82) is 0 Å². The van der Waals surface area contributed by atoms with Crippen molar-refractivity contribution in [2.45, 2.75) is 44.8 Å². The lowest BCUT2D eigenvalue weighted by atomic mass is 10.1. The van der Waals surface area contributed by atoms with Gasteiger partial charge in [-0.1, -0.05) is 12.1 Å². The second-order valence-corrected chi connectivity index (χ2v) is 9.56. The molecule has 172 valence electrons. The van der Waals surface area contributed by atoms with Crippen LogP contribution < -0.4 is 15.6 Å². The Labute approximate surface area is 184 Å². The van der Waals surface area contributed by atoms with Crippen LogP contribution in [0.4, 0.5) is 4.39 Å². The Morgan fingerprint density at radius 2 is 1.84 bits per heavy atom. The number of nitrogens with zero attached hydrogens (tertiary/aromatic N) is 3. The second kappa shape index (κ2) is 8.96. The van der Waals surface area contributed by atoms with Gasteiger partial charge in [-0.3, -0.25) is 14.2 Å². The highest BCUT2D eigenvalue weighted by atomic mass is 32.2. The van der Waals surface area contributed by atoms with Crippen molar-refractivity contribution >= 4 is 16.1 Å². The third-order valence-electron chi connectivity index (χ3n) is 5.64. The monoisotopic (exact) mass is 465 g/mol. The fourth-order valence-corrected chi connectivity index (χ4v) is 5.42. The zero-order valence-electron chi connectivity index (χ0n) is 17.3. The molecule has 1 aromatic carbocycles. The molecule has 1 saturated heterocycles. The first-order valence-corrected chi connectivity index (χ1v) is 11.8. The highest BCUT2D eigenvalue weighted by Crippen LogP contribution is 2.26. The summed E-state index contributed by atoms with van der Waals surface area (Å²) in [6.07, 6.45) is 2.48. The van der Waals surface area contributed by atoms with Crippen LogP contribution in [-0.2, 0) is 23.3 Å². The van der Waals surface area contributed by atoms with E-state index in [1.165, 1.54) is 33.1 Å². The molecule has 0 radical (unpaired) electrons. The van der Waals surface area contributed by atoms with Crippen LogP contribution in [0.3, 0.4) is 0 Å². The molecule has 4 rings (SSSR count). The number of carbonyl (C=O) groups is 1. The van der Waals surface area contributed by atoms with E-state index in [2.05, 4.69) is 15.0 Å². The molecule has 1 aromatic heterocycles. The molecule has 3 heterocycles. The van der Waals surface area contributed by atoms with Crippen molar-refractivity contribution < 1.29 is 22.7 Å². The number of aromatic nitrogens is 2. The predicted octanol–water partition coefficient (Wildman–Crippen LogP) is 0.783. The fraction of sp³-hybridized carbons (Fsp3) is 0.450. The number of rotatable bonds is 6. The molecular weight excluding hydrogens is 441 g/mol. The van der Waals surface area contributed by atoms with Crippen LogP contribution in [0.2, 0.25) is 0 Å².